The lowest BCUT2D eigenvalue weighted by molar-refractivity contribution is 0.0922. The topological polar surface area (TPSA) is 34.6 Å². The van der Waals surface area contributed by atoms with Crippen LogP contribution in [0.25, 0.3) is 22.2 Å². The summed E-state index contributed by atoms with van der Waals surface area (Å²) in [5.41, 5.74) is 5.04. The van der Waals surface area contributed by atoms with Gasteiger partial charge < -0.3 is 14.1 Å². The lowest BCUT2D eigenvalue weighted by Gasteiger charge is -2.38. The van der Waals surface area contributed by atoms with Crippen molar-refractivity contribution in [2.24, 2.45) is 0 Å². The lowest BCUT2D eigenvalue weighted by atomic mass is 10.1. The number of rotatable bonds is 9. The normalized spacial score (nSPS) is 13.2. The summed E-state index contributed by atoms with van der Waals surface area (Å²) in [6, 6.07) is 16.6. The van der Waals surface area contributed by atoms with E-state index < -0.39 is 21.1 Å². The predicted octanol–water partition coefficient (Wildman–Crippen LogP) is 7.27. The zero-order valence-electron chi connectivity index (χ0n) is 21.9. The Morgan fingerprint density at radius 2 is 1.76 bits per heavy atom. The molecule has 0 fully saturated rings. The maximum atomic E-state index is 13.9. The number of nitrogens with zero attached hydrogens (tertiary/aromatic N) is 2. The van der Waals surface area contributed by atoms with Gasteiger partial charge in [0.05, 0.1) is 16.9 Å². The number of aromatic nitrogens is 1. The minimum absolute atomic E-state index is 0.00871. The van der Waals surface area contributed by atoms with Gasteiger partial charge >= 0.3 is 0 Å². The number of benzene rings is 2. The maximum Gasteiger partial charge on any atom is 0.192 e. The molecule has 1 heterocycles. The number of halogens is 1. The number of alkyl halides is 1. The van der Waals surface area contributed by atoms with Crippen LogP contribution in [0.4, 0.5) is 10.1 Å². The summed E-state index contributed by atoms with van der Waals surface area (Å²) in [6.45, 7) is 12.5. The highest BCUT2D eigenvalue weighted by Crippen LogP contribution is 2.38. The summed E-state index contributed by atoms with van der Waals surface area (Å²) in [4.78, 5) is 6.87. The van der Waals surface area contributed by atoms with E-state index >= 15 is 0 Å². The first-order chi connectivity index (χ1) is 15.9. The molecule has 184 valence electrons. The van der Waals surface area contributed by atoms with Gasteiger partial charge in [-0.3, -0.25) is 0 Å². The molecule has 0 spiro atoms. The Balaban J connectivity index is 1.87. The number of anilines is 1. The Kier molecular flexibility index (Phi) is 8.04. The molecule has 0 aliphatic heterocycles. The molecule has 0 aliphatic rings. The summed E-state index contributed by atoms with van der Waals surface area (Å²) in [6.07, 6.45) is 0.412. The highest BCUT2D eigenvalue weighted by Gasteiger charge is 2.39. The summed E-state index contributed by atoms with van der Waals surface area (Å²) < 4.78 is 26.3. The molecule has 0 N–H and O–H groups in total. The van der Waals surface area contributed by atoms with Crippen LogP contribution in [-0.4, -0.2) is 46.8 Å². The zero-order valence-corrected chi connectivity index (χ0v) is 22.9. The van der Waals surface area contributed by atoms with Crippen molar-refractivity contribution in [3.63, 3.8) is 0 Å². The molecule has 3 rings (SSSR count). The second-order valence-corrected chi connectivity index (χ2v) is 15.4. The Labute approximate surface area is 205 Å². The predicted molar refractivity (Wildman–Crippen MR) is 144 cm³/mol. The average molecular weight is 483 g/mol. The summed E-state index contributed by atoms with van der Waals surface area (Å²) in [7, 11) is 1.85. The van der Waals surface area contributed by atoms with Gasteiger partial charge in [-0.2, -0.15) is 0 Å². The van der Waals surface area contributed by atoms with E-state index in [2.05, 4.69) is 71.1 Å². The summed E-state index contributed by atoms with van der Waals surface area (Å²) in [5, 5.41) is 1.15. The molecule has 1 aromatic heterocycles. The second-order valence-electron chi connectivity index (χ2n) is 10.6. The van der Waals surface area contributed by atoms with Crippen LogP contribution in [0.5, 0.6) is 5.75 Å². The number of hydrogen-bond donors (Lipinski definition) is 0. The SMILES string of the molecule is CCc1ccc2nc(-c3ccc(N(C)C)c(OCC(CF)O[Si](C)(C)C(C)(C)C)c3)ccc2c1. The van der Waals surface area contributed by atoms with E-state index in [0.717, 1.165) is 34.3 Å². The molecule has 3 aromatic rings. The van der Waals surface area contributed by atoms with Crippen molar-refractivity contribution < 1.29 is 13.6 Å². The molecule has 0 saturated heterocycles. The van der Waals surface area contributed by atoms with Crippen molar-refractivity contribution in [2.75, 3.05) is 32.3 Å². The number of ether oxygens (including phenoxy) is 1. The highest BCUT2D eigenvalue weighted by atomic mass is 28.4. The van der Waals surface area contributed by atoms with Crippen molar-refractivity contribution >= 4 is 24.9 Å². The van der Waals surface area contributed by atoms with Crippen LogP contribution >= 0.6 is 0 Å². The van der Waals surface area contributed by atoms with Crippen LogP contribution in [0.1, 0.15) is 33.3 Å². The molecule has 1 atom stereocenters. The average Bonchev–Trinajstić information content (AvgIpc) is 2.79. The largest absolute Gasteiger partial charge is 0.489 e. The highest BCUT2D eigenvalue weighted by molar-refractivity contribution is 6.74. The molecule has 1 unspecified atom stereocenters. The Morgan fingerprint density at radius 3 is 2.38 bits per heavy atom. The molecular weight excluding hydrogens is 443 g/mol. The fourth-order valence-electron chi connectivity index (χ4n) is 3.60. The Morgan fingerprint density at radius 1 is 1.03 bits per heavy atom. The van der Waals surface area contributed by atoms with Gasteiger partial charge in [0.25, 0.3) is 0 Å². The third kappa shape index (κ3) is 5.97. The van der Waals surface area contributed by atoms with E-state index in [1.807, 2.05) is 37.2 Å². The fraction of sp³-hybridized carbons (Fsp3) is 0.464. The standard InChI is InChI=1S/C28H39FN2O2Si/c1-9-20-10-13-24-21(16-20)11-14-25(30-24)22-12-15-26(31(5)6)27(17-22)32-19-23(18-29)33-34(7,8)28(2,3)4/h10-17,23H,9,18-19H2,1-8H3. The molecule has 6 heteroatoms. The van der Waals surface area contributed by atoms with Gasteiger partial charge in [-0.15, -0.1) is 0 Å². The molecule has 0 amide bonds. The summed E-state index contributed by atoms with van der Waals surface area (Å²) >= 11 is 0. The van der Waals surface area contributed by atoms with E-state index in [-0.39, 0.29) is 11.6 Å². The molecular formula is C28H39FN2O2Si. The molecule has 2 aromatic carbocycles. The number of fused-ring (bicyclic) bond motifs is 1. The summed E-state index contributed by atoms with van der Waals surface area (Å²) in [5.74, 6) is 0.697. The first kappa shape index (κ1) is 26.2. The van der Waals surface area contributed by atoms with Crippen LogP contribution in [0.2, 0.25) is 18.1 Å². The van der Waals surface area contributed by atoms with Crippen molar-refractivity contribution in [1.29, 1.82) is 0 Å². The van der Waals surface area contributed by atoms with E-state index in [0.29, 0.717) is 5.75 Å². The van der Waals surface area contributed by atoms with Crippen LogP contribution in [0.15, 0.2) is 48.5 Å². The first-order valence-corrected chi connectivity index (χ1v) is 14.9. The van der Waals surface area contributed by atoms with Gasteiger partial charge in [-0.25, -0.2) is 9.37 Å². The first-order valence-electron chi connectivity index (χ1n) is 12.0. The van der Waals surface area contributed by atoms with E-state index in [9.17, 15) is 4.39 Å². The van der Waals surface area contributed by atoms with Gasteiger partial charge in [0.2, 0.25) is 0 Å². The van der Waals surface area contributed by atoms with Gasteiger partial charge in [-0.1, -0.05) is 45.9 Å². The molecule has 34 heavy (non-hydrogen) atoms. The van der Waals surface area contributed by atoms with Crippen molar-refractivity contribution in [3.05, 3.63) is 54.1 Å². The van der Waals surface area contributed by atoms with Gasteiger partial charge in [0.15, 0.2) is 8.32 Å². The quantitative estimate of drug-likeness (QED) is 0.300. The van der Waals surface area contributed by atoms with E-state index in [1.165, 1.54) is 5.56 Å². The molecule has 0 bridgehead atoms. The second kappa shape index (κ2) is 10.4. The monoisotopic (exact) mass is 482 g/mol. The number of hydrogen-bond acceptors (Lipinski definition) is 4. The zero-order chi connectivity index (χ0) is 25.1. The van der Waals surface area contributed by atoms with Crippen molar-refractivity contribution in [1.82, 2.24) is 4.98 Å². The van der Waals surface area contributed by atoms with Crippen LogP contribution in [0.3, 0.4) is 0 Å². The number of pyridine rings is 1. The third-order valence-electron chi connectivity index (χ3n) is 6.76. The van der Waals surface area contributed by atoms with Gasteiger partial charge in [0.1, 0.15) is 25.1 Å². The molecule has 0 radical (unpaired) electrons. The van der Waals surface area contributed by atoms with Crippen molar-refractivity contribution in [3.8, 4) is 17.0 Å². The maximum absolute atomic E-state index is 13.9. The minimum atomic E-state index is -2.10. The molecule has 0 saturated carbocycles. The van der Waals surface area contributed by atoms with Crippen LogP contribution in [0, 0.1) is 0 Å². The smallest absolute Gasteiger partial charge is 0.192 e. The van der Waals surface area contributed by atoms with Crippen LogP contribution in [-0.2, 0) is 10.8 Å². The Bertz CT molecular complexity index is 1130. The van der Waals surface area contributed by atoms with E-state index in [1.54, 1.807) is 0 Å². The molecule has 0 aliphatic carbocycles. The third-order valence-corrected chi connectivity index (χ3v) is 11.3. The van der Waals surface area contributed by atoms with Gasteiger partial charge in [-0.05, 0) is 60.4 Å². The van der Waals surface area contributed by atoms with E-state index in [4.69, 9.17) is 14.1 Å². The van der Waals surface area contributed by atoms with Gasteiger partial charge in [0, 0.05) is 25.0 Å². The Hall–Kier alpha value is -2.44. The van der Waals surface area contributed by atoms with Crippen molar-refractivity contribution in [2.45, 2.75) is 58.4 Å². The van der Waals surface area contributed by atoms with Crippen LogP contribution < -0.4 is 9.64 Å². The lowest BCUT2D eigenvalue weighted by Crippen LogP contribution is -2.46. The number of aryl methyl sites for hydroxylation is 1. The minimum Gasteiger partial charge on any atom is -0.489 e. The fourth-order valence-corrected chi connectivity index (χ4v) is 4.92. The molecule has 4 nitrogen and oxygen atoms in total.